The molecule has 0 saturated carbocycles. The summed E-state index contributed by atoms with van der Waals surface area (Å²) in [5.41, 5.74) is 0.199. The van der Waals surface area contributed by atoms with Crippen molar-refractivity contribution in [2.75, 3.05) is 19.5 Å². The molecule has 1 aliphatic heterocycles. The Morgan fingerprint density at radius 3 is 2.93 bits per heavy atom. The van der Waals surface area contributed by atoms with Gasteiger partial charge in [-0.15, -0.1) is 0 Å². The quantitative estimate of drug-likeness (QED) is 0.804. The maximum Gasteiger partial charge on any atom is 0.157 e. The molecular formula is C11H22N2OS. The van der Waals surface area contributed by atoms with Crippen LogP contribution < -0.4 is 5.32 Å². The Labute approximate surface area is 97.1 Å². The van der Waals surface area contributed by atoms with E-state index in [4.69, 9.17) is 4.74 Å². The van der Waals surface area contributed by atoms with E-state index < -0.39 is 0 Å². The average Bonchev–Trinajstić information content (AvgIpc) is 2.13. The maximum absolute atomic E-state index is 5.05. The molecule has 1 rings (SSSR count). The van der Waals surface area contributed by atoms with Gasteiger partial charge in [0.1, 0.15) is 0 Å². The van der Waals surface area contributed by atoms with Gasteiger partial charge in [0.2, 0.25) is 0 Å². The molecule has 1 fully saturated rings. The number of nitrogens with one attached hydrogen (secondary N) is 1. The zero-order valence-electron chi connectivity index (χ0n) is 10.2. The lowest BCUT2D eigenvalue weighted by atomic mass is 10.0. The van der Waals surface area contributed by atoms with E-state index in [1.165, 1.54) is 6.42 Å². The number of nitrogens with zero attached hydrogens (tertiary/aromatic N) is 1. The van der Waals surface area contributed by atoms with E-state index in [2.05, 4.69) is 31.1 Å². The zero-order valence-corrected chi connectivity index (χ0v) is 11.0. The van der Waals surface area contributed by atoms with Crippen LogP contribution in [0.4, 0.5) is 0 Å². The molecule has 4 heteroatoms. The number of aliphatic imine (C=N–C) groups is 1. The highest BCUT2D eigenvalue weighted by Crippen LogP contribution is 2.22. The second-order valence-corrected chi connectivity index (χ2v) is 5.76. The van der Waals surface area contributed by atoms with Crippen LogP contribution in [0, 0.1) is 0 Å². The molecule has 3 nitrogen and oxygen atoms in total. The number of amidine groups is 1. The topological polar surface area (TPSA) is 33.6 Å². The van der Waals surface area contributed by atoms with Crippen molar-refractivity contribution in [1.29, 1.82) is 0 Å². The Hall–Kier alpha value is -0.220. The molecule has 0 aromatic rings. The minimum atomic E-state index is 0.199. The third kappa shape index (κ3) is 4.89. The number of methoxy groups -OCH3 is 1. The summed E-state index contributed by atoms with van der Waals surface area (Å²) in [6.07, 6.45) is 2.19. The molecule has 0 aromatic carbocycles. The summed E-state index contributed by atoms with van der Waals surface area (Å²) in [6.45, 7) is 7.37. The maximum atomic E-state index is 5.05. The van der Waals surface area contributed by atoms with Crippen molar-refractivity contribution < 1.29 is 4.74 Å². The lowest BCUT2D eigenvalue weighted by Crippen LogP contribution is -2.46. The van der Waals surface area contributed by atoms with Crippen molar-refractivity contribution in [3.05, 3.63) is 0 Å². The molecule has 1 atom stereocenters. The number of rotatable bonds is 4. The molecule has 0 bridgehead atoms. The number of thioether (sulfide) groups is 1. The molecule has 1 heterocycles. The predicted molar refractivity (Wildman–Crippen MR) is 67.7 cm³/mol. The summed E-state index contributed by atoms with van der Waals surface area (Å²) in [5, 5.41) is 4.56. The van der Waals surface area contributed by atoms with Gasteiger partial charge in [0.15, 0.2) is 5.17 Å². The van der Waals surface area contributed by atoms with Gasteiger partial charge in [-0.1, -0.05) is 11.8 Å². The summed E-state index contributed by atoms with van der Waals surface area (Å²) in [6, 6.07) is 0.342. The highest BCUT2D eigenvalue weighted by molar-refractivity contribution is 8.13. The van der Waals surface area contributed by atoms with E-state index in [1.54, 1.807) is 7.11 Å². The summed E-state index contributed by atoms with van der Waals surface area (Å²) >= 11 is 1.83. The third-order valence-electron chi connectivity index (χ3n) is 2.49. The van der Waals surface area contributed by atoms with Crippen LogP contribution in [-0.2, 0) is 4.74 Å². The van der Waals surface area contributed by atoms with Crippen molar-refractivity contribution in [2.24, 2.45) is 4.99 Å². The van der Waals surface area contributed by atoms with Crippen LogP contribution in [0.3, 0.4) is 0 Å². The standard InChI is InChI=1S/C11H22N2OS/c1-9(5-7-14-4)12-10-13-11(2,3)6-8-15-10/h9H,5-8H2,1-4H3,(H,12,13). The van der Waals surface area contributed by atoms with Gasteiger partial charge in [0.25, 0.3) is 0 Å². The molecule has 0 radical (unpaired) electrons. The highest BCUT2D eigenvalue weighted by atomic mass is 32.2. The molecule has 1 N–H and O–H groups in total. The molecule has 1 aliphatic rings. The predicted octanol–water partition coefficient (Wildman–Crippen LogP) is 2.27. The molecule has 0 amide bonds. The first-order valence-corrected chi connectivity index (χ1v) is 6.50. The van der Waals surface area contributed by atoms with Crippen LogP contribution in [-0.4, -0.2) is 36.2 Å². The fourth-order valence-electron chi connectivity index (χ4n) is 1.41. The molecule has 0 aliphatic carbocycles. The fourth-order valence-corrected chi connectivity index (χ4v) is 2.82. The van der Waals surface area contributed by atoms with Crippen LogP contribution in [0.15, 0.2) is 4.99 Å². The Morgan fingerprint density at radius 1 is 1.60 bits per heavy atom. The van der Waals surface area contributed by atoms with Crippen molar-refractivity contribution in [3.63, 3.8) is 0 Å². The first-order chi connectivity index (χ1) is 7.03. The molecular weight excluding hydrogens is 208 g/mol. The first kappa shape index (κ1) is 12.8. The summed E-state index contributed by atoms with van der Waals surface area (Å²) in [7, 11) is 1.73. The van der Waals surface area contributed by atoms with Crippen LogP contribution in [0.25, 0.3) is 0 Å². The molecule has 88 valence electrons. The Kier molecular flexibility index (Phi) is 4.93. The van der Waals surface area contributed by atoms with Crippen LogP contribution in [0.2, 0.25) is 0 Å². The largest absolute Gasteiger partial charge is 0.385 e. The summed E-state index contributed by atoms with van der Waals surface area (Å²) in [4.78, 5) is 4.66. The highest BCUT2D eigenvalue weighted by Gasteiger charge is 2.24. The van der Waals surface area contributed by atoms with Crippen LogP contribution >= 0.6 is 11.8 Å². The summed E-state index contributed by atoms with van der Waals surface area (Å²) < 4.78 is 5.05. The van der Waals surface area contributed by atoms with Gasteiger partial charge < -0.3 is 10.1 Å². The van der Waals surface area contributed by atoms with Gasteiger partial charge >= 0.3 is 0 Å². The number of hydrogen-bond acceptors (Lipinski definition) is 3. The van der Waals surface area contributed by atoms with Gasteiger partial charge in [0, 0.05) is 25.0 Å². The van der Waals surface area contributed by atoms with E-state index in [0.29, 0.717) is 6.04 Å². The van der Waals surface area contributed by atoms with Gasteiger partial charge in [0.05, 0.1) is 6.04 Å². The SMILES string of the molecule is COCCC(C)N=C1NC(C)(C)CCS1. The van der Waals surface area contributed by atoms with E-state index in [1.807, 2.05) is 11.8 Å². The lowest BCUT2D eigenvalue weighted by molar-refractivity contribution is 0.190. The first-order valence-electron chi connectivity index (χ1n) is 5.51. The molecule has 0 spiro atoms. The zero-order chi connectivity index (χ0) is 11.3. The van der Waals surface area contributed by atoms with Crippen molar-refractivity contribution in [1.82, 2.24) is 5.32 Å². The minimum absolute atomic E-state index is 0.199. The molecule has 0 aromatic heterocycles. The van der Waals surface area contributed by atoms with Crippen LogP contribution in [0.5, 0.6) is 0 Å². The van der Waals surface area contributed by atoms with Gasteiger partial charge in [-0.2, -0.15) is 0 Å². The van der Waals surface area contributed by atoms with Crippen LogP contribution in [0.1, 0.15) is 33.6 Å². The monoisotopic (exact) mass is 230 g/mol. The van der Waals surface area contributed by atoms with Gasteiger partial charge in [-0.25, -0.2) is 0 Å². The summed E-state index contributed by atoms with van der Waals surface area (Å²) in [5.74, 6) is 1.16. The number of ether oxygens (including phenoxy) is 1. The van der Waals surface area contributed by atoms with E-state index in [-0.39, 0.29) is 5.54 Å². The van der Waals surface area contributed by atoms with E-state index in [9.17, 15) is 0 Å². The van der Waals surface area contributed by atoms with Gasteiger partial charge in [-0.05, 0) is 33.6 Å². The Balaban J connectivity index is 2.44. The van der Waals surface area contributed by atoms with Crippen molar-refractivity contribution in [3.8, 4) is 0 Å². The lowest BCUT2D eigenvalue weighted by Gasteiger charge is -2.32. The van der Waals surface area contributed by atoms with E-state index in [0.717, 1.165) is 23.9 Å². The fraction of sp³-hybridized carbons (Fsp3) is 0.909. The third-order valence-corrected chi connectivity index (χ3v) is 3.38. The molecule has 1 unspecified atom stereocenters. The minimum Gasteiger partial charge on any atom is -0.385 e. The van der Waals surface area contributed by atoms with E-state index >= 15 is 0 Å². The Bertz CT molecular complexity index is 229. The smallest absolute Gasteiger partial charge is 0.157 e. The normalized spacial score (nSPS) is 24.9. The number of hydrogen-bond donors (Lipinski definition) is 1. The van der Waals surface area contributed by atoms with Crippen molar-refractivity contribution >= 4 is 16.9 Å². The molecule has 15 heavy (non-hydrogen) atoms. The van der Waals surface area contributed by atoms with Crippen molar-refractivity contribution in [2.45, 2.75) is 45.2 Å². The second-order valence-electron chi connectivity index (χ2n) is 4.67. The second kappa shape index (κ2) is 5.75. The average molecular weight is 230 g/mol. The molecule has 1 saturated heterocycles. The van der Waals surface area contributed by atoms with Gasteiger partial charge in [-0.3, -0.25) is 4.99 Å². The Morgan fingerprint density at radius 2 is 2.33 bits per heavy atom.